The largest absolute Gasteiger partial charge is 0.356 e. The standard InChI is InChI=1S/C15H23NO/c1-4-15(2,3)14(17)16-12-8-11-13-9-6-5-7-10-13/h5-7,9-10H,4,8,11-12H2,1-3H3,(H,16,17). The fourth-order valence-corrected chi connectivity index (χ4v) is 1.54. The van der Waals surface area contributed by atoms with Gasteiger partial charge in [0.25, 0.3) is 0 Å². The molecule has 0 aliphatic rings. The van der Waals surface area contributed by atoms with Crippen LogP contribution in [0.15, 0.2) is 30.3 Å². The number of carbonyl (C=O) groups excluding carboxylic acids is 1. The number of benzene rings is 1. The van der Waals surface area contributed by atoms with Gasteiger partial charge in [-0.3, -0.25) is 4.79 Å². The van der Waals surface area contributed by atoms with Crippen LogP contribution in [0.25, 0.3) is 0 Å². The normalized spacial score (nSPS) is 11.2. The van der Waals surface area contributed by atoms with Crippen LogP contribution in [0.1, 0.15) is 39.2 Å². The monoisotopic (exact) mass is 233 g/mol. The SMILES string of the molecule is CCC(C)(C)C(=O)NCCCc1ccccc1. The first kappa shape index (κ1) is 13.8. The van der Waals surface area contributed by atoms with E-state index in [4.69, 9.17) is 0 Å². The molecule has 2 nitrogen and oxygen atoms in total. The summed E-state index contributed by atoms with van der Waals surface area (Å²) in [6.45, 7) is 6.78. The molecule has 0 bridgehead atoms. The molecule has 0 fully saturated rings. The van der Waals surface area contributed by atoms with Gasteiger partial charge in [0.05, 0.1) is 0 Å². The van der Waals surface area contributed by atoms with Gasteiger partial charge in [-0.25, -0.2) is 0 Å². The Labute approximate surface area is 104 Å². The van der Waals surface area contributed by atoms with Gasteiger partial charge in [0, 0.05) is 12.0 Å². The number of nitrogens with one attached hydrogen (secondary N) is 1. The first-order valence-corrected chi connectivity index (χ1v) is 6.38. The van der Waals surface area contributed by atoms with E-state index in [9.17, 15) is 4.79 Å². The molecule has 1 amide bonds. The molecule has 94 valence electrons. The lowest BCUT2D eigenvalue weighted by atomic mass is 9.89. The molecule has 0 saturated carbocycles. The highest BCUT2D eigenvalue weighted by molar-refractivity contribution is 5.81. The van der Waals surface area contributed by atoms with Crippen LogP contribution < -0.4 is 5.32 Å². The third kappa shape index (κ3) is 4.59. The average molecular weight is 233 g/mol. The Bertz CT molecular complexity index is 343. The van der Waals surface area contributed by atoms with Crippen LogP contribution in [-0.2, 0) is 11.2 Å². The van der Waals surface area contributed by atoms with Crippen molar-refractivity contribution in [2.75, 3.05) is 6.54 Å². The Balaban J connectivity index is 2.23. The summed E-state index contributed by atoms with van der Waals surface area (Å²) in [6.07, 6.45) is 2.89. The lowest BCUT2D eigenvalue weighted by Gasteiger charge is -2.21. The lowest BCUT2D eigenvalue weighted by Crippen LogP contribution is -2.37. The Hall–Kier alpha value is -1.31. The van der Waals surface area contributed by atoms with E-state index >= 15 is 0 Å². The molecule has 0 saturated heterocycles. The second kappa shape index (κ2) is 6.43. The van der Waals surface area contributed by atoms with Crippen LogP contribution in [0.4, 0.5) is 0 Å². The van der Waals surface area contributed by atoms with Crippen molar-refractivity contribution >= 4 is 5.91 Å². The van der Waals surface area contributed by atoms with Crippen molar-refractivity contribution in [1.29, 1.82) is 0 Å². The number of aryl methyl sites for hydroxylation is 1. The Kier molecular flexibility index (Phi) is 5.20. The van der Waals surface area contributed by atoms with Crippen molar-refractivity contribution in [1.82, 2.24) is 5.32 Å². The molecule has 2 heteroatoms. The summed E-state index contributed by atoms with van der Waals surface area (Å²) in [7, 11) is 0. The molecule has 1 N–H and O–H groups in total. The number of hydrogen-bond donors (Lipinski definition) is 1. The molecule has 1 aromatic carbocycles. The number of rotatable bonds is 6. The summed E-state index contributed by atoms with van der Waals surface area (Å²) >= 11 is 0. The van der Waals surface area contributed by atoms with Crippen molar-refractivity contribution in [3.05, 3.63) is 35.9 Å². The minimum absolute atomic E-state index is 0.160. The molecule has 0 heterocycles. The molecule has 1 aromatic rings. The van der Waals surface area contributed by atoms with Crippen LogP contribution in [-0.4, -0.2) is 12.5 Å². The predicted molar refractivity (Wildman–Crippen MR) is 71.8 cm³/mol. The Morgan fingerprint density at radius 3 is 2.47 bits per heavy atom. The van der Waals surface area contributed by atoms with E-state index in [1.165, 1.54) is 5.56 Å². The predicted octanol–water partition coefficient (Wildman–Crippen LogP) is 3.17. The minimum atomic E-state index is -0.243. The summed E-state index contributed by atoms with van der Waals surface area (Å²) in [6, 6.07) is 10.4. The molecule has 0 radical (unpaired) electrons. The van der Waals surface area contributed by atoms with E-state index in [0.29, 0.717) is 0 Å². The minimum Gasteiger partial charge on any atom is -0.356 e. The van der Waals surface area contributed by atoms with Gasteiger partial charge in [-0.2, -0.15) is 0 Å². The summed E-state index contributed by atoms with van der Waals surface area (Å²) in [5.41, 5.74) is 1.09. The third-order valence-electron chi connectivity index (χ3n) is 3.27. The van der Waals surface area contributed by atoms with Crippen LogP contribution in [0.2, 0.25) is 0 Å². The van der Waals surface area contributed by atoms with Gasteiger partial charge in [-0.15, -0.1) is 0 Å². The molecule has 0 atom stereocenters. The third-order valence-corrected chi connectivity index (χ3v) is 3.27. The van der Waals surface area contributed by atoms with E-state index in [0.717, 1.165) is 25.8 Å². The van der Waals surface area contributed by atoms with Gasteiger partial charge in [0.15, 0.2) is 0 Å². The highest BCUT2D eigenvalue weighted by Gasteiger charge is 2.24. The van der Waals surface area contributed by atoms with Gasteiger partial charge in [0.1, 0.15) is 0 Å². The van der Waals surface area contributed by atoms with E-state index in [2.05, 4.69) is 17.4 Å². The van der Waals surface area contributed by atoms with E-state index in [1.54, 1.807) is 0 Å². The van der Waals surface area contributed by atoms with Crippen LogP contribution in [0, 0.1) is 5.41 Å². The average Bonchev–Trinajstić information content (AvgIpc) is 2.35. The topological polar surface area (TPSA) is 29.1 Å². The maximum Gasteiger partial charge on any atom is 0.225 e. The number of carbonyl (C=O) groups is 1. The van der Waals surface area contributed by atoms with Gasteiger partial charge >= 0.3 is 0 Å². The Morgan fingerprint density at radius 1 is 1.24 bits per heavy atom. The van der Waals surface area contributed by atoms with Crippen molar-refractivity contribution in [3.8, 4) is 0 Å². The Morgan fingerprint density at radius 2 is 1.88 bits per heavy atom. The van der Waals surface area contributed by atoms with Gasteiger partial charge in [-0.1, -0.05) is 51.1 Å². The highest BCUT2D eigenvalue weighted by atomic mass is 16.2. The highest BCUT2D eigenvalue weighted by Crippen LogP contribution is 2.19. The van der Waals surface area contributed by atoms with Crippen LogP contribution in [0.3, 0.4) is 0 Å². The molecule has 0 spiro atoms. The summed E-state index contributed by atoms with van der Waals surface area (Å²) in [5.74, 6) is 0.160. The maximum atomic E-state index is 11.8. The summed E-state index contributed by atoms with van der Waals surface area (Å²) in [5, 5.41) is 3.01. The smallest absolute Gasteiger partial charge is 0.225 e. The molecular weight excluding hydrogens is 210 g/mol. The van der Waals surface area contributed by atoms with E-state index in [1.807, 2.05) is 39.0 Å². The number of hydrogen-bond acceptors (Lipinski definition) is 1. The zero-order valence-electron chi connectivity index (χ0n) is 11.1. The van der Waals surface area contributed by atoms with Crippen molar-refractivity contribution in [2.24, 2.45) is 5.41 Å². The van der Waals surface area contributed by atoms with Crippen LogP contribution >= 0.6 is 0 Å². The molecule has 0 unspecified atom stereocenters. The zero-order chi connectivity index (χ0) is 12.7. The lowest BCUT2D eigenvalue weighted by molar-refractivity contribution is -0.129. The second-order valence-corrected chi connectivity index (χ2v) is 5.08. The second-order valence-electron chi connectivity index (χ2n) is 5.08. The first-order chi connectivity index (χ1) is 8.06. The molecule has 17 heavy (non-hydrogen) atoms. The van der Waals surface area contributed by atoms with E-state index in [-0.39, 0.29) is 11.3 Å². The fraction of sp³-hybridized carbons (Fsp3) is 0.533. The zero-order valence-corrected chi connectivity index (χ0v) is 11.1. The first-order valence-electron chi connectivity index (χ1n) is 6.38. The van der Waals surface area contributed by atoms with Gasteiger partial charge < -0.3 is 5.32 Å². The maximum absolute atomic E-state index is 11.8. The molecular formula is C15H23NO. The van der Waals surface area contributed by atoms with E-state index < -0.39 is 0 Å². The van der Waals surface area contributed by atoms with Crippen molar-refractivity contribution in [2.45, 2.75) is 40.0 Å². The molecule has 0 aliphatic heterocycles. The summed E-state index contributed by atoms with van der Waals surface area (Å²) < 4.78 is 0. The molecule has 0 aliphatic carbocycles. The number of amides is 1. The quantitative estimate of drug-likeness (QED) is 0.751. The van der Waals surface area contributed by atoms with Crippen LogP contribution in [0.5, 0.6) is 0 Å². The van der Waals surface area contributed by atoms with Gasteiger partial charge in [0.2, 0.25) is 5.91 Å². The molecule has 1 rings (SSSR count). The van der Waals surface area contributed by atoms with Gasteiger partial charge in [-0.05, 0) is 24.8 Å². The van der Waals surface area contributed by atoms with Crippen molar-refractivity contribution in [3.63, 3.8) is 0 Å². The fourth-order valence-electron chi connectivity index (χ4n) is 1.54. The van der Waals surface area contributed by atoms with Crippen molar-refractivity contribution < 1.29 is 4.79 Å². The summed E-state index contributed by atoms with van der Waals surface area (Å²) in [4.78, 5) is 11.8. The molecule has 0 aromatic heterocycles.